The number of nitrogens with zero attached hydrogens (tertiary/aromatic N) is 3. The summed E-state index contributed by atoms with van der Waals surface area (Å²) in [7, 11) is 0. The minimum Gasteiger partial charge on any atom is -0.390 e. The Balaban J connectivity index is 1.63. The van der Waals surface area contributed by atoms with Crippen LogP contribution in [0.5, 0.6) is 0 Å². The number of hydrogen-bond acceptors (Lipinski definition) is 6. The smallest absolute Gasteiger partial charge is 0.282 e. The number of amides is 1. The van der Waals surface area contributed by atoms with Crippen molar-refractivity contribution in [1.29, 1.82) is 0 Å². The summed E-state index contributed by atoms with van der Waals surface area (Å²) in [5.74, 6) is 0.274. The van der Waals surface area contributed by atoms with Crippen LogP contribution in [0.2, 0.25) is 0 Å². The summed E-state index contributed by atoms with van der Waals surface area (Å²) in [5, 5.41) is 10.9. The van der Waals surface area contributed by atoms with Gasteiger partial charge in [-0.1, -0.05) is 35.9 Å². The molecule has 5 aromatic rings. The highest BCUT2D eigenvalue weighted by Gasteiger charge is 2.22. The number of anilines is 2. The van der Waals surface area contributed by atoms with Gasteiger partial charge in [0.1, 0.15) is 5.82 Å². The zero-order chi connectivity index (χ0) is 23.8. The molecule has 1 amide bonds. The summed E-state index contributed by atoms with van der Waals surface area (Å²) in [5.41, 5.74) is 8.25. The lowest BCUT2D eigenvalue weighted by Gasteiger charge is -2.12. The van der Waals surface area contributed by atoms with E-state index in [1.807, 2.05) is 54.0 Å². The first-order valence-electron chi connectivity index (χ1n) is 10.5. The summed E-state index contributed by atoms with van der Waals surface area (Å²) < 4.78 is 15.9. The number of nitrogens with two attached hydrogens (primary N) is 1. The Morgan fingerprint density at radius 3 is 2.74 bits per heavy atom. The van der Waals surface area contributed by atoms with Gasteiger partial charge < -0.3 is 15.6 Å². The molecule has 0 fully saturated rings. The van der Waals surface area contributed by atoms with Gasteiger partial charge in [0.25, 0.3) is 11.5 Å². The second-order valence-corrected chi connectivity index (χ2v) is 9.33. The van der Waals surface area contributed by atoms with Gasteiger partial charge in [0.15, 0.2) is 5.69 Å². The molecule has 0 aliphatic rings. The van der Waals surface area contributed by atoms with Crippen molar-refractivity contribution in [3.8, 4) is 5.69 Å². The van der Waals surface area contributed by atoms with Gasteiger partial charge in [-0.05, 0) is 31.2 Å². The molecule has 10 heteroatoms. The number of rotatable bonds is 6. The Bertz CT molecular complexity index is 1590. The number of aromatic nitrogens is 3. The Labute approximate surface area is 202 Å². The number of halogens is 1. The molecule has 0 saturated carbocycles. The average Bonchev–Trinajstić information content (AvgIpc) is 3.39. The van der Waals surface area contributed by atoms with E-state index in [9.17, 15) is 13.5 Å². The molecule has 0 bridgehead atoms. The summed E-state index contributed by atoms with van der Waals surface area (Å²) >= 11 is 1.43. The quantitative estimate of drug-likeness (QED) is 0.341. The molecule has 7 nitrogen and oxygen atoms in total. The normalized spacial score (nSPS) is 11.4. The molecular weight excluding hydrogens is 473 g/mol. The van der Waals surface area contributed by atoms with Gasteiger partial charge in [0, 0.05) is 46.1 Å². The van der Waals surface area contributed by atoms with Crippen molar-refractivity contribution in [3.63, 3.8) is 0 Å². The van der Waals surface area contributed by atoms with Crippen LogP contribution in [0.15, 0.2) is 64.8 Å². The number of benzene rings is 2. The Hall–Kier alpha value is -3.63. The van der Waals surface area contributed by atoms with Crippen LogP contribution in [0.3, 0.4) is 0 Å². The zero-order valence-corrected chi connectivity index (χ0v) is 19.8. The first-order chi connectivity index (χ1) is 16.5. The maximum atomic E-state index is 13.5. The molecule has 0 saturated heterocycles. The van der Waals surface area contributed by atoms with E-state index in [2.05, 4.69) is 10.4 Å². The van der Waals surface area contributed by atoms with E-state index < -0.39 is 5.91 Å². The monoisotopic (exact) mass is 493 g/mol. The summed E-state index contributed by atoms with van der Waals surface area (Å²) in [6.07, 6.45) is 0. The van der Waals surface area contributed by atoms with Crippen LogP contribution in [0.4, 0.5) is 14.7 Å². The molecular formula is C24H20FN5O2S2. The minimum atomic E-state index is -0.486. The van der Waals surface area contributed by atoms with Crippen LogP contribution in [-0.4, -0.2) is 26.0 Å². The number of hydrogen-bond donors (Lipinski definition) is 2. The number of thiophene rings is 1. The van der Waals surface area contributed by atoms with E-state index in [0.29, 0.717) is 28.4 Å². The van der Waals surface area contributed by atoms with Gasteiger partial charge in [0.05, 0.1) is 16.1 Å². The van der Waals surface area contributed by atoms with Gasteiger partial charge in [-0.15, -0.1) is 11.3 Å². The molecule has 3 aromatic heterocycles. The predicted molar refractivity (Wildman–Crippen MR) is 138 cm³/mol. The third kappa shape index (κ3) is 3.84. The number of fused-ring (bicyclic) bond motifs is 2. The molecule has 34 heavy (non-hydrogen) atoms. The van der Waals surface area contributed by atoms with E-state index in [0.717, 1.165) is 16.5 Å². The first-order valence-corrected chi connectivity index (χ1v) is 12.2. The fraction of sp³-hybridized carbons (Fsp3) is 0.125. The third-order valence-corrected chi connectivity index (χ3v) is 6.77. The second-order valence-electron chi connectivity index (χ2n) is 7.80. The van der Waals surface area contributed by atoms with Crippen molar-refractivity contribution in [3.05, 3.63) is 81.6 Å². The number of aryl methyl sites for hydroxylation is 2. The summed E-state index contributed by atoms with van der Waals surface area (Å²) in [6.45, 7) is 2.32. The number of nitrogens with one attached hydrogen (secondary N) is 1. The molecule has 0 aliphatic carbocycles. The minimum absolute atomic E-state index is 0.0831. The highest BCUT2D eigenvalue weighted by atomic mass is 32.2. The van der Waals surface area contributed by atoms with E-state index in [1.54, 1.807) is 17.5 Å². The van der Waals surface area contributed by atoms with Gasteiger partial charge in [0.2, 0.25) is 0 Å². The fourth-order valence-corrected chi connectivity index (χ4v) is 5.00. The van der Waals surface area contributed by atoms with Gasteiger partial charge >= 0.3 is 0 Å². The largest absolute Gasteiger partial charge is 0.390 e. The molecule has 172 valence electrons. The van der Waals surface area contributed by atoms with Crippen molar-refractivity contribution < 1.29 is 8.68 Å². The van der Waals surface area contributed by atoms with E-state index >= 15 is 0 Å². The third-order valence-electron chi connectivity index (χ3n) is 5.62. The van der Waals surface area contributed by atoms with E-state index in [4.69, 9.17) is 5.73 Å². The van der Waals surface area contributed by atoms with Crippen LogP contribution in [-0.2, 0) is 6.54 Å². The summed E-state index contributed by atoms with van der Waals surface area (Å²) in [4.78, 5) is 26.6. The first kappa shape index (κ1) is 22.2. The fourth-order valence-electron chi connectivity index (χ4n) is 3.96. The molecule has 5 rings (SSSR count). The molecule has 0 spiro atoms. The highest BCUT2D eigenvalue weighted by molar-refractivity contribution is 7.94. The van der Waals surface area contributed by atoms with Crippen LogP contribution in [0, 0.1) is 6.92 Å². The zero-order valence-electron chi connectivity index (χ0n) is 18.1. The van der Waals surface area contributed by atoms with E-state index in [1.165, 1.54) is 16.0 Å². The average molecular weight is 494 g/mol. The Kier molecular flexibility index (Phi) is 5.84. The Morgan fingerprint density at radius 2 is 1.97 bits per heavy atom. The molecule has 0 unspecified atom stereocenters. The molecule has 3 N–H and O–H groups in total. The number of carbonyl (C=O) groups is 1. The standard InChI is InChI=1S/C24H20FN5O2S2/c1-14-6-8-16(9-7-14)30-24(32)20-17(13-33-22(20)26)21(28-30)23(31)27-19-12-15-4-2-3-5-18(15)29(19)10-11-34-25/h2-9,12-13H,10-11,26H2,1H3,(H,27,31). The molecule has 0 radical (unpaired) electrons. The van der Waals surface area contributed by atoms with Gasteiger partial charge in [-0.3, -0.25) is 9.59 Å². The topological polar surface area (TPSA) is 94.9 Å². The Morgan fingerprint density at radius 1 is 1.21 bits per heavy atom. The van der Waals surface area contributed by atoms with Crippen LogP contribution < -0.4 is 16.6 Å². The number of carbonyl (C=O) groups excluding carboxylic acids is 1. The lowest BCUT2D eigenvalue weighted by Crippen LogP contribution is -2.27. The van der Waals surface area contributed by atoms with Crippen LogP contribution in [0.1, 0.15) is 16.1 Å². The highest BCUT2D eigenvalue weighted by Crippen LogP contribution is 2.29. The second kappa shape index (κ2) is 8.96. The molecule has 0 atom stereocenters. The van der Waals surface area contributed by atoms with Crippen molar-refractivity contribution in [2.24, 2.45) is 0 Å². The molecule has 0 aliphatic heterocycles. The maximum absolute atomic E-state index is 13.5. The lowest BCUT2D eigenvalue weighted by atomic mass is 10.2. The van der Waals surface area contributed by atoms with Crippen LogP contribution in [0.25, 0.3) is 27.4 Å². The maximum Gasteiger partial charge on any atom is 0.282 e. The predicted octanol–water partition coefficient (Wildman–Crippen LogP) is 5.16. The molecule has 2 aromatic carbocycles. The summed E-state index contributed by atoms with van der Waals surface area (Å²) in [6, 6.07) is 16.8. The number of nitrogen functional groups attached to an aromatic ring is 1. The van der Waals surface area contributed by atoms with Gasteiger partial charge in [-0.25, -0.2) is 0 Å². The van der Waals surface area contributed by atoms with Crippen LogP contribution >= 0.6 is 23.5 Å². The van der Waals surface area contributed by atoms with Crippen molar-refractivity contribution in [2.75, 3.05) is 16.8 Å². The number of para-hydroxylation sites is 1. The SMILES string of the molecule is Cc1ccc(-n2nc(C(=O)Nc3cc4ccccc4n3CCSF)c3csc(N)c3c2=O)cc1. The van der Waals surface area contributed by atoms with Crippen molar-refractivity contribution >= 4 is 61.9 Å². The molecule has 3 heterocycles. The van der Waals surface area contributed by atoms with E-state index in [-0.39, 0.29) is 34.5 Å². The van der Waals surface area contributed by atoms with Crippen molar-refractivity contribution in [2.45, 2.75) is 13.5 Å². The van der Waals surface area contributed by atoms with Crippen molar-refractivity contribution in [1.82, 2.24) is 14.3 Å². The van der Waals surface area contributed by atoms with Gasteiger partial charge in [-0.2, -0.15) is 13.7 Å². The lowest BCUT2D eigenvalue weighted by molar-refractivity contribution is 0.102.